The Morgan fingerprint density at radius 1 is 1.04 bits per heavy atom. The molecule has 0 fully saturated rings. The first-order valence-electron chi connectivity index (χ1n) is 9.01. The molecule has 2 heterocycles. The van der Waals surface area contributed by atoms with Crippen LogP contribution in [0.25, 0.3) is 11.4 Å². The Morgan fingerprint density at radius 3 is 2.56 bits per heavy atom. The lowest BCUT2D eigenvalue weighted by atomic mass is 10.1. The van der Waals surface area contributed by atoms with Gasteiger partial charge in [-0.3, -0.25) is 9.78 Å². The minimum atomic E-state index is 0.0417. The number of nitrogens with zero attached hydrogens (tertiary/aromatic N) is 4. The first-order chi connectivity index (χ1) is 13.3. The lowest BCUT2D eigenvalue weighted by Gasteiger charge is -2.22. The number of hydrogen-bond donors (Lipinski definition) is 1. The van der Waals surface area contributed by atoms with Crippen molar-refractivity contribution >= 4 is 5.91 Å². The van der Waals surface area contributed by atoms with Crippen LogP contribution in [0.5, 0.6) is 0 Å². The molecule has 0 aliphatic heterocycles. The highest BCUT2D eigenvalue weighted by atomic mass is 16.5. The molecule has 27 heavy (non-hydrogen) atoms. The zero-order valence-electron chi connectivity index (χ0n) is 15.1. The zero-order valence-corrected chi connectivity index (χ0v) is 15.1. The Morgan fingerprint density at radius 2 is 1.81 bits per heavy atom. The molecule has 2 aromatic heterocycles. The molecule has 1 amide bonds. The first-order valence-corrected chi connectivity index (χ1v) is 9.01. The average molecular weight is 365 g/mol. The van der Waals surface area contributed by atoms with Crippen LogP contribution in [0.3, 0.4) is 0 Å². The van der Waals surface area contributed by atoms with Crippen LogP contribution in [0.1, 0.15) is 17.9 Å². The van der Waals surface area contributed by atoms with E-state index in [0.717, 1.165) is 12.0 Å². The van der Waals surface area contributed by atoms with E-state index in [1.165, 1.54) is 5.56 Å². The average Bonchev–Trinajstić information content (AvgIpc) is 3.20. The van der Waals surface area contributed by atoms with Crippen molar-refractivity contribution in [1.29, 1.82) is 0 Å². The summed E-state index contributed by atoms with van der Waals surface area (Å²) in [5.74, 6) is 0.994. The second-order valence-corrected chi connectivity index (χ2v) is 6.15. The number of rotatable bonds is 9. The highest BCUT2D eigenvalue weighted by Crippen LogP contribution is 2.15. The quantitative estimate of drug-likeness (QED) is 0.623. The van der Waals surface area contributed by atoms with Crippen LogP contribution in [0, 0.1) is 0 Å². The Hall–Kier alpha value is -3.06. The molecule has 0 saturated carbocycles. The third kappa shape index (κ3) is 5.46. The van der Waals surface area contributed by atoms with Crippen molar-refractivity contribution in [2.45, 2.75) is 19.3 Å². The molecule has 7 heteroatoms. The summed E-state index contributed by atoms with van der Waals surface area (Å²) in [6.07, 6.45) is 4.87. The van der Waals surface area contributed by atoms with Gasteiger partial charge in [-0.15, -0.1) is 0 Å². The second kappa shape index (κ2) is 9.59. The van der Waals surface area contributed by atoms with Crippen LogP contribution in [0.15, 0.2) is 59.4 Å². The number of carbonyl (C=O) groups excluding carboxylic acids is 1. The molecule has 3 rings (SSSR count). The summed E-state index contributed by atoms with van der Waals surface area (Å²) in [5.41, 5.74) is 7.70. The molecule has 0 aliphatic carbocycles. The molecule has 0 radical (unpaired) electrons. The molecule has 140 valence electrons. The summed E-state index contributed by atoms with van der Waals surface area (Å²) >= 11 is 0. The second-order valence-electron chi connectivity index (χ2n) is 6.15. The molecular weight excluding hydrogens is 342 g/mol. The molecule has 3 aromatic rings. The van der Waals surface area contributed by atoms with Crippen LogP contribution >= 0.6 is 0 Å². The van der Waals surface area contributed by atoms with Gasteiger partial charge in [0.25, 0.3) is 0 Å². The monoisotopic (exact) mass is 365 g/mol. The van der Waals surface area contributed by atoms with Gasteiger partial charge >= 0.3 is 0 Å². The van der Waals surface area contributed by atoms with Gasteiger partial charge in [0, 0.05) is 50.4 Å². The highest BCUT2D eigenvalue weighted by Gasteiger charge is 2.15. The van der Waals surface area contributed by atoms with Crippen molar-refractivity contribution in [3.05, 3.63) is 66.3 Å². The fourth-order valence-electron chi connectivity index (χ4n) is 2.77. The molecular formula is C20H23N5O2. The predicted molar refractivity (Wildman–Crippen MR) is 102 cm³/mol. The van der Waals surface area contributed by atoms with Crippen LogP contribution in [0.2, 0.25) is 0 Å². The standard InChI is InChI=1S/C20H23N5O2/c21-11-15-25(14-10-16-4-2-1-3-5-16)19(26)7-6-18-23-20(24-27-18)17-8-12-22-13-9-17/h1-5,8-9,12-13H,6-7,10-11,14-15,21H2. The number of pyridine rings is 1. The number of aromatic nitrogens is 3. The topological polar surface area (TPSA) is 98.1 Å². The van der Waals surface area contributed by atoms with E-state index in [1.807, 2.05) is 30.3 Å². The fraction of sp³-hybridized carbons (Fsp3) is 0.300. The van der Waals surface area contributed by atoms with Gasteiger partial charge in [-0.1, -0.05) is 35.5 Å². The van der Waals surface area contributed by atoms with E-state index in [1.54, 1.807) is 17.3 Å². The molecule has 0 unspecified atom stereocenters. The smallest absolute Gasteiger partial charge is 0.227 e. The molecule has 0 spiro atoms. The molecule has 7 nitrogen and oxygen atoms in total. The van der Waals surface area contributed by atoms with Gasteiger partial charge in [-0.05, 0) is 24.1 Å². The minimum Gasteiger partial charge on any atom is -0.341 e. The lowest BCUT2D eigenvalue weighted by Crippen LogP contribution is -2.37. The predicted octanol–water partition coefficient (Wildman–Crippen LogP) is 2.09. The fourth-order valence-corrected chi connectivity index (χ4v) is 2.77. The number of aryl methyl sites for hydroxylation is 1. The van der Waals surface area contributed by atoms with Crippen molar-refractivity contribution in [3.63, 3.8) is 0 Å². The maximum atomic E-state index is 12.6. The van der Waals surface area contributed by atoms with Gasteiger partial charge in [-0.2, -0.15) is 4.98 Å². The van der Waals surface area contributed by atoms with Crippen molar-refractivity contribution in [3.8, 4) is 11.4 Å². The summed E-state index contributed by atoms with van der Waals surface area (Å²) in [5, 5.41) is 3.96. The van der Waals surface area contributed by atoms with Gasteiger partial charge in [0.05, 0.1) is 0 Å². The summed E-state index contributed by atoms with van der Waals surface area (Å²) in [6.45, 7) is 1.62. The molecule has 2 N–H and O–H groups in total. The van der Waals surface area contributed by atoms with Crippen LogP contribution in [-0.4, -0.2) is 45.6 Å². The van der Waals surface area contributed by atoms with Crippen molar-refractivity contribution in [2.75, 3.05) is 19.6 Å². The number of carbonyl (C=O) groups is 1. The van der Waals surface area contributed by atoms with Gasteiger partial charge in [0.2, 0.25) is 17.6 Å². The van der Waals surface area contributed by atoms with Crippen LogP contribution < -0.4 is 5.73 Å². The van der Waals surface area contributed by atoms with E-state index in [2.05, 4.69) is 27.3 Å². The third-order valence-corrected chi connectivity index (χ3v) is 4.22. The van der Waals surface area contributed by atoms with Crippen molar-refractivity contribution in [2.24, 2.45) is 5.73 Å². The van der Waals surface area contributed by atoms with E-state index < -0.39 is 0 Å². The summed E-state index contributed by atoms with van der Waals surface area (Å²) in [6, 6.07) is 13.7. The Kier molecular flexibility index (Phi) is 6.65. The first kappa shape index (κ1) is 18.7. The Labute approximate surface area is 158 Å². The normalized spacial score (nSPS) is 10.7. The van der Waals surface area contributed by atoms with E-state index in [-0.39, 0.29) is 5.91 Å². The minimum absolute atomic E-state index is 0.0417. The third-order valence-electron chi connectivity index (χ3n) is 4.22. The van der Waals surface area contributed by atoms with E-state index >= 15 is 0 Å². The largest absolute Gasteiger partial charge is 0.341 e. The van der Waals surface area contributed by atoms with Crippen LogP contribution in [-0.2, 0) is 17.6 Å². The van der Waals surface area contributed by atoms with Gasteiger partial charge in [-0.25, -0.2) is 0 Å². The van der Waals surface area contributed by atoms with Crippen molar-refractivity contribution < 1.29 is 9.32 Å². The van der Waals surface area contributed by atoms with Crippen molar-refractivity contribution in [1.82, 2.24) is 20.0 Å². The summed E-state index contributed by atoms with van der Waals surface area (Å²) in [4.78, 5) is 22.7. The molecule has 0 atom stereocenters. The Bertz CT molecular complexity index is 836. The SMILES string of the molecule is NCCN(CCc1ccccc1)C(=O)CCc1nc(-c2ccncc2)no1. The maximum absolute atomic E-state index is 12.6. The number of hydrogen-bond acceptors (Lipinski definition) is 6. The highest BCUT2D eigenvalue weighted by molar-refractivity contribution is 5.76. The van der Waals surface area contributed by atoms with E-state index in [4.69, 9.17) is 10.3 Å². The van der Waals surface area contributed by atoms with Crippen LogP contribution in [0.4, 0.5) is 0 Å². The Balaban J connectivity index is 1.54. The number of benzene rings is 1. The zero-order chi connectivity index (χ0) is 18.9. The van der Waals surface area contributed by atoms with E-state index in [0.29, 0.717) is 44.2 Å². The summed E-state index contributed by atoms with van der Waals surface area (Å²) < 4.78 is 5.26. The lowest BCUT2D eigenvalue weighted by molar-refractivity contribution is -0.131. The number of nitrogens with two attached hydrogens (primary N) is 1. The molecule has 0 bridgehead atoms. The molecule has 0 saturated heterocycles. The maximum Gasteiger partial charge on any atom is 0.227 e. The summed E-state index contributed by atoms with van der Waals surface area (Å²) in [7, 11) is 0. The molecule has 0 aliphatic rings. The molecule has 1 aromatic carbocycles. The van der Waals surface area contributed by atoms with Gasteiger partial charge in [0.1, 0.15) is 0 Å². The van der Waals surface area contributed by atoms with Gasteiger partial charge < -0.3 is 15.2 Å². The van der Waals surface area contributed by atoms with Gasteiger partial charge in [0.15, 0.2) is 0 Å². The van der Waals surface area contributed by atoms with E-state index in [9.17, 15) is 4.79 Å². The number of amides is 1.